The van der Waals surface area contributed by atoms with Gasteiger partial charge in [-0.15, -0.1) is 11.3 Å². The molecule has 0 aliphatic carbocycles. The van der Waals surface area contributed by atoms with Crippen LogP contribution < -0.4 is 0 Å². The lowest BCUT2D eigenvalue weighted by atomic mass is 9.90. The van der Waals surface area contributed by atoms with Crippen molar-refractivity contribution >= 4 is 27.3 Å². The van der Waals surface area contributed by atoms with Crippen molar-refractivity contribution in [3.05, 3.63) is 106 Å². The molecular weight excluding hydrogens is 410 g/mol. The Labute approximate surface area is 194 Å². The number of thiophene rings is 1. The average Bonchev–Trinajstić information content (AvgIpc) is 3.19. The number of nitrogens with zero attached hydrogens (tertiary/aromatic N) is 1. The molecule has 0 saturated carbocycles. The summed E-state index contributed by atoms with van der Waals surface area (Å²) < 4.78 is 1.21. The molecule has 0 unspecified atom stereocenters. The summed E-state index contributed by atoms with van der Waals surface area (Å²) in [7, 11) is 0. The number of hydrogen-bond acceptors (Lipinski definition) is 2. The number of benzene rings is 3. The Kier molecular flexibility index (Phi) is 6.09. The summed E-state index contributed by atoms with van der Waals surface area (Å²) in [6.07, 6.45) is 4.08. The van der Waals surface area contributed by atoms with E-state index in [9.17, 15) is 4.79 Å². The van der Waals surface area contributed by atoms with E-state index in [0.29, 0.717) is 5.92 Å². The van der Waals surface area contributed by atoms with Crippen LogP contribution in [0.3, 0.4) is 0 Å². The van der Waals surface area contributed by atoms with Crippen LogP contribution in [0.4, 0.5) is 0 Å². The molecule has 3 heteroatoms. The fourth-order valence-corrected chi connectivity index (χ4v) is 5.98. The largest absolute Gasteiger partial charge is 0.338 e. The van der Waals surface area contributed by atoms with Gasteiger partial charge in [0.2, 0.25) is 0 Å². The van der Waals surface area contributed by atoms with Gasteiger partial charge in [0.15, 0.2) is 0 Å². The molecule has 1 saturated heterocycles. The van der Waals surface area contributed by atoms with Crippen LogP contribution in [0.15, 0.2) is 78.9 Å². The molecule has 0 spiro atoms. The van der Waals surface area contributed by atoms with E-state index in [1.807, 2.05) is 0 Å². The molecule has 1 fully saturated rings. The second-order valence-corrected chi connectivity index (χ2v) is 10.0. The molecule has 1 amide bonds. The van der Waals surface area contributed by atoms with Gasteiger partial charge in [-0.25, -0.2) is 0 Å². The number of aryl methyl sites for hydroxylation is 1. The van der Waals surface area contributed by atoms with Crippen LogP contribution >= 0.6 is 11.3 Å². The molecule has 1 aromatic heterocycles. The molecule has 0 atom stereocenters. The van der Waals surface area contributed by atoms with Crippen molar-refractivity contribution in [1.29, 1.82) is 0 Å². The zero-order chi connectivity index (χ0) is 21.9. The first kappa shape index (κ1) is 21.0. The van der Waals surface area contributed by atoms with Crippen LogP contribution in [0, 0.1) is 12.8 Å². The summed E-state index contributed by atoms with van der Waals surface area (Å²) in [6.45, 7) is 3.82. The van der Waals surface area contributed by atoms with Crippen LogP contribution in [-0.2, 0) is 12.8 Å². The van der Waals surface area contributed by atoms with Gasteiger partial charge >= 0.3 is 0 Å². The molecule has 5 rings (SSSR count). The van der Waals surface area contributed by atoms with Gasteiger partial charge in [-0.3, -0.25) is 4.79 Å². The number of fused-ring (bicyclic) bond motifs is 1. The van der Waals surface area contributed by atoms with Crippen molar-refractivity contribution < 1.29 is 4.79 Å². The third kappa shape index (κ3) is 4.49. The van der Waals surface area contributed by atoms with Gasteiger partial charge in [-0.05, 0) is 66.7 Å². The number of hydrogen-bond donors (Lipinski definition) is 0. The van der Waals surface area contributed by atoms with Crippen molar-refractivity contribution in [1.82, 2.24) is 4.90 Å². The zero-order valence-electron chi connectivity index (χ0n) is 18.6. The van der Waals surface area contributed by atoms with E-state index in [2.05, 4.69) is 90.7 Å². The highest BCUT2D eigenvalue weighted by Crippen LogP contribution is 2.35. The lowest BCUT2D eigenvalue weighted by Crippen LogP contribution is -2.38. The summed E-state index contributed by atoms with van der Waals surface area (Å²) >= 11 is 1.66. The second-order valence-electron chi connectivity index (χ2n) is 8.99. The summed E-state index contributed by atoms with van der Waals surface area (Å²) in [6, 6.07) is 27.9. The molecule has 0 bridgehead atoms. The predicted octanol–water partition coefficient (Wildman–Crippen LogP) is 6.90. The third-order valence-corrected chi connectivity index (χ3v) is 7.86. The molecular formula is C29H29NOS. The van der Waals surface area contributed by atoms with Crippen LogP contribution in [0.2, 0.25) is 0 Å². The SMILES string of the molecule is Cc1ccc(Cc2c(C(=O)N3CCC(Cc4ccccc4)CC3)sc3ccccc23)cc1. The van der Waals surface area contributed by atoms with Gasteiger partial charge in [0.05, 0.1) is 4.88 Å². The standard InChI is InChI=1S/C29H29NOS/c1-21-11-13-23(14-12-21)20-26-25-9-5-6-10-27(25)32-28(26)29(31)30-17-15-24(16-18-30)19-22-7-3-2-4-8-22/h2-14,24H,15-20H2,1H3. The van der Waals surface area contributed by atoms with Gasteiger partial charge in [-0.1, -0.05) is 78.4 Å². The number of carbonyl (C=O) groups is 1. The topological polar surface area (TPSA) is 20.3 Å². The van der Waals surface area contributed by atoms with Gasteiger partial charge < -0.3 is 4.90 Å². The molecule has 1 aliphatic rings. The zero-order valence-corrected chi connectivity index (χ0v) is 19.4. The minimum atomic E-state index is 0.214. The van der Waals surface area contributed by atoms with Crippen molar-refractivity contribution in [2.75, 3.05) is 13.1 Å². The quantitative estimate of drug-likeness (QED) is 0.331. The van der Waals surface area contributed by atoms with Gasteiger partial charge in [-0.2, -0.15) is 0 Å². The third-order valence-electron chi connectivity index (χ3n) is 6.66. The Bertz CT molecular complexity index is 1200. The van der Waals surface area contributed by atoms with Crippen molar-refractivity contribution in [2.45, 2.75) is 32.6 Å². The first-order valence-corrected chi connectivity index (χ1v) is 12.4. The van der Waals surface area contributed by atoms with E-state index >= 15 is 0 Å². The fraction of sp³-hybridized carbons (Fsp3) is 0.276. The fourth-order valence-electron chi connectivity index (χ4n) is 4.79. The number of rotatable bonds is 5. The van der Waals surface area contributed by atoms with Crippen LogP contribution in [-0.4, -0.2) is 23.9 Å². The minimum Gasteiger partial charge on any atom is -0.338 e. The summed E-state index contributed by atoms with van der Waals surface area (Å²) in [4.78, 5) is 16.6. The van der Waals surface area contributed by atoms with Crippen molar-refractivity contribution in [3.63, 3.8) is 0 Å². The van der Waals surface area contributed by atoms with Crippen LogP contribution in [0.25, 0.3) is 10.1 Å². The Morgan fingerprint density at radius 3 is 2.31 bits per heavy atom. The number of piperidine rings is 1. The number of amides is 1. The molecule has 2 heterocycles. The number of carbonyl (C=O) groups excluding carboxylic acids is 1. The predicted molar refractivity (Wildman–Crippen MR) is 135 cm³/mol. The van der Waals surface area contributed by atoms with E-state index in [1.165, 1.54) is 32.3 Å². The maximum absolute atomic E-state index is 13.6. The van der Waals surface area contributed by atoms with Gasteiger partial charge in [0, 0.05) is 17.8 Å². The van der Waals surface area contributed by atoms with E-state index in [-0.39, 0.29) is 5.91 Å². The summed E-state index contributed by atoms with van der Waals surface area (Å²) in [5.74, 6) is 0.877. The lowest BCUT2D eigenvalue weighted by Gasteiger charge is -2.32. The highest BCUT2D eigenvalue weighted by atomic mass is 32.1. The smallest absolute Gasteiger partial charge is 0.264 e. The molecule has 32 heavy (non-hydrogen) atoms. The number of likely N-dealkylation sites (tertiary alicyclic amines) is 1. The molecule has 3 aromatic carbocycles. The molecule has 2 nitrogen and oxygen atoms in total. The average molecular weight is 440 g/mol. The van der Waals surface area contributed by atoms with E-state index in [4.69, 9.17) is 0 Å². The lowest BCUT2D eigenvalue weighted by molar-refractivity contribution is 0.0694. The second kappa shape index (κ2) is 9.30. The van der Waals surface area contributed by atoms with Crippen molar-refractivity contribution in [2.24, 2.45) is 5.92 Å². The van der Waals surface area contributed by atoms with Gasteiger partial charge in [0.1, 0.15) is 0 Å². The van der Waals surface area contributed by atoms with Crippen LogP contribution in [0.1, 0.15) is 44.8 Å². The first-order chi connectivity index (χ1) is 15.7. The molecule has 1 aliphatic heterocycles. The molecule has 4 aromatic rings. The monoisotopic (exact) mass is 439 g/mol. The van der Waals surface area contributed by atoms with E-state index < -0.39 is 0 Å². The highest BCUT2D eigenvalue weighted by molar-refractivity contribution is 7.21. The van der Waals surface area contributed by atoms with Crippen molar-refractivity contribution in [3.8, 4) is 0 Å². The van der Waals surface area contributed by atoms with E-state index in [0.717, 1.165) is 43.6 Å². The molecule has 162 valence electrons. The molecule has 0 radical (unpaired) electrons. The normalized spacial score (nSPS) is 14.7. The summed E-state index contributed by atoms with van der Waals surface area (Å²) in [5, 5.41) is 1.22. The minimum absolute atomic E-state index is 0.214. The van der Waals surface area contributed by atoms with Crippen LogP contribution in [0.5, 0.6) is 0 Å². The maximum atomic E-state index is 13.6. The van der Waals surface area contributed by atoms with E-state index in [1.54, 1.807) is 11.3 Å². The Morgan fingerprint density at radius 1 is 0.875 bits per heavy atom. The molecule has 0 N–H and O–H groups in total. The Balaban J connectivity index is 1.35. The first-order valence-electron chi connectivity index (χ1n) is 11.6. The Hall–Kier alpha value is -2.91. The highest BCUT2D eigenvalue weighted by Gasteiger charge is 2.27. The Morgan fingerprint density at radius 2 is 1.56 bits per heavy atom. The summed E-state index contributed by atoms with van der Waals surface area (Å²) in [5.41, 5.74) is 5.11. The maximum Gasteiger partial charge on any atom is 0.264 e. The van der Waals surface area contributed by atoms with Gasteiger partial charge in [0.25, 0.3) is 5.91 Å².